The van der Waals surface area contributed by atoms with E-state index in [-0.39, 0.29) is 32.0 Å². The van der Waals surface area contributed by atoms with E-state index in [0.717, 1.165) is 18.7 Å². The highest BCUT2D eigenvalue weighted by Crippen LogP contribution is 2.38. The molecule has 6 fully saturated rings. The van der Waals surface area contributed by atoms with E-state index in [1.54, 1.807) is 0 Å². The van der Waals surface area contributed by atoms with Gasteiger partial charge in [-0.25, -0.2) is 4.68 Å². The van der Waals surface area contributed by atoms with Gasteiger partial charge in [-0.15, -0.1) is 5.10 Å². The van der Waals surface area contributed by atoms with E-state index < -0.39 is 229 Å². The average molecular weight is 1360 g/mol. The topological polar surface area (TPSA) is 589 Å². The van der Waals surface area contributed by atoms with Crippen LogP contribution >= 0.6 is 0 Å². The molecule has 7 heterocycles. The first-order valence-corrected chi connectivity index (χ1v) is 30.3. The smallest absolute Gasteiger partial charge is 0.221 e. The minimum atomic E-state index is -2.26. The highest BCUT2D eigenvalue weighted by atomic mass is 16.8. The van der Waals surface area contributed by atoms with Gasteiger partial charge in [-0.1, -0.05) is 5.21 Å². The largest absolute Gasteiger partial charge is 0.394 e. The minimum Gasteiger partial charge on any atom is -0.394 e. The first kappa shape index (κ1) is 77.1. The quantitative estimate of drug-likeness (QED) is 0.0291. The molecule has 0 spiro atoms. The maximum absolute atomic E-state index is 13.2. The maximum atomic E-state index is 13.2. The van der Waals surface area contributed by atoms with Gasteiger partial charge in [-0.2, -0.15) is 0 Å². The number of aromatic nitrogens is 3. The fourth-order valence-corrected chi connectivity index (χ4v) is 11.2. The molecule has 93 heavy (non-hydrogen) atoms. The number of nitrogens with two attached hydrogens (primary N) is 1. The molecule has 0 aliphatic carbocycles. The van der Waals surface area contributed by atoms with Crippen LogP contribution < -0.4 is 11.1 Å². The molecule has 0 aromatic carbocycles. The van der Waals surface area contributed by atoms with Crippen molar-refractivity contribution in [3.05, 3.63) is 11.9 Å². The van der Waals surface area contributed by atoms with E-state index in [4.69, 9.17) is 76.8 Å². The fourth-order valence-electron chi connectivity index (χ4n) is 11.2. The summed E-state index contributed by atoms with van der Waals surface area (Å²) in [7, 11) is 0. The van der Waals surface area contributed by atoms with E-state index in [0.29, 0.717) is 46.2 Å². The lowest BCUT2D eigenvalue weighted by molar-refractivity contribution is -0.404. The lowest BCUT2D eigenvalue weighted by atomic mass is 9.93. The van der Waals surface area contributed by atoms with Gasteiger partial charge in [0.1, 0.15) is 146 Å². The van der Waals surface area contributed by atoms with Crippen LogP contribution in [0.3, 0.4) is 0 Å². The summed E-state index contributed by atoms with van der Waals surface area (Å²) in [6.07, 6.45) is -55.2. The van der Waals surface area contributed by atoms with Crippen LogP contribution in [0.5, 0.6) is 0 Å². The van der Waals surface area contributed by atoms with E-state index in [2.05, 4.69) is 15.6 Å². The Morgan fingerprint density at radius 3 is 1.49 bits per heavy atom. The van der Waals surface area contributed by atoms with E-state index in [1.807, 2.05) is 0 Å². The third-order valence-corrected chi connectivity index (χ3v) is 16.3. The standard InChI is InChI=1S/C53H92N6O34/c1-21-31(67)36(72)40(76)50(83-21)93-47-46(92-51-41(77)37(73)32(68)25(16-60)86-51)35(71)28(19-63)88-53(47)90-44-30(55-22(2)65)49(85-26(17-61)33(44)69)91-45-34(70)27(18-62)87-52(42(45)78)89-43-29(20-64)84-48(39(75)38(43)74)59(23(3)66)15-24-14-58(57-56-24)5-7-80-9-11-82-13-12-81-10-8-79-6-4-54/h14,21,25-53,60-64,67-78H,4-13,15-20,54H2,1-3H3,(H,55,65)/t21?,25?,26?,27?,28?,29-,30-,31+,32-,33+,34-,35-,36-,37-,38?,39?,40+,41-,42-,43+,44+,45-,46-,47-,48?,49?,50?,51?,52?,53?/m0/s1. The molecule has 30 atom stereocenters. The van der Waals surface area contributed by atoms with Gasteiger partial charge in [0.15, 0.2) is 37.7 Å². The highest BCUT2D eigenvalue weighted by Gasteiger charge is 2.59. The number of ether oxygens (including phenoxy) is 15. The van der Waals surface area contributed by atoms with Crippen molar-refractivity contribution in [1.82, 2.24) is 25.2 Å². The number of amides is 2. The monoisotopic (exact) mass is 1360 g/mol. The Morgan fingerprint density at radius 1 is 0.484 bits per heavy atom. The molecule has 6 aliphatic rings. The number of aliphatic hydroxyl groups excluding tert-OH is 17. The Bertz CT molecular complexity index is 2370. The highest BCUT2D eigenvalue weighted by molar-refractivity contribution is 5.73. The normalized spacial score (nSPS) is 41.6. The van der Waals surface area contributed by atoms with Crippen molar-refractivity contribution in [2.24, 2.45) is 5.73 Å². The number of nitrogens with one attached hydrogen (secondary N) is 1. The summed E-state index contributed by atoms with van der Waals surface area (Å²) in [5.41, 5.74) is 5.58. The number of hydrogen-bond acceptors (Lipinski definition) is 37. The molecule has 40 nitrogen and oxygen atoms in total. The van der Waals surface area contributed by atoms with E-state index in [1.165, 1.54) is 17.8 Å². The molecule has 538 valence electrons. The Hall–Kier alpha value is -3.24. The molecule has 13 unspecified atom stereocenters. The zero-order chi connectivity index (χ0) is 68.0. The summed E-state index contributed by atoms with van der Waals surface area (Å²) in [6, 6.07) is -1.90. The maximum Gasteiger partial charge on any atom is 0.221 e. The number of rotatable bonds is 33. The molecule has 1 aromatic heterocycles. The van der Waals surface area contributed by atoms with Crippen LogP contribution in [0, 0.1) is 0 Å². The van der Waals surface area contributed by atoms with Crippen molar-refractivity contribution >= 4 is 11.8 Å². The molecule has 0 bridgehead atoms. The van der Waals surface area contributed by atoms with Gasteiger partial charge < -0.3 is 174 Å². The van der Waals surface area contributed by atoms with Crippen molar-refractivity contribution in [2.75, 3.05) is 92.4 Å². The van der Waals surface area contributed by atoms with Gasteiger partial charge in [0.25, 0.3) is 0 Å². The summed E-state index contributed by atoms with van der Waals surface area (Å²) in [6.45, 7) is 1.33. The Kier molecular flexibility index (Phi) is 30.3. The molecular formula is C53H92N6O34. The number of carbonyl (C=O) groups excluding carboxylic acids is 2. The molecule has 6 saturated heterocycles. The van der Waals surface area contributed by atoms with Gasteiger partial charge in [0.05, 0.1) is 111 Å². The Morgan fingerprint density at radius 2 is 0.935 bits per heavy atom. The molecule has 2 amide bonds. The predicted molar refractivity (Wildman–Crippen MR) is 296 cm³/mol. The van der Waals surface area contributed by atoms with Crippen LogP contribution in [-0.2, 0) is 93.7 Å². The minimum absolute atomic E-state index is 0.202. The first-order chi connectivity index (χ1) is 44.4. The van der Waals surface area contributed by atoms with Crippen LogP contribution in [-0.4, -0.2) is 395 Å². The SMILES string of the molecule is CC(=O)N[C@@H]1C(O[C@@H]2[C@H](O)C(O[C@H]3C(O)C(O)C(N(Cc4cn(CCOCCOCCOCCOCCN)nn4)C(C)=O)O[C@H]3CO)OC(CO)[C@@H]2O)OC(CO)[C@@H](O)[C@@H]1OC1OC(CO)[C@H](O)[C@H](OC2OC(CO)[C@H](O)[C@H](O)[C@@H]2O)[C@@H]1OC1OC(C)[C@@H](O)[C@H](O)[C@H]1O. The van der Waals surface area contributed by atoms with Crippen molar-refractivity contribution in [3.63, 3.8) is 0 Å². The van der Waals surface area contributed by atoms with Gasteiger partial charge in [-0.3, -0.25) is 9.59 Å². The number of carbonyl (C=O) groups is 2. The second-order valence-corrected chi connectivity index (χ2v) is 22.8. The zero-order valence-corrected chi connectivity index (χ0v) is 51.1. The van der Waals surface area contributed by atoms with Gasteiger partial charge >= 0.3 is 0 Å². The van der Waals surface area contributed by atoms with Gasteiger partial charge in [0.2, 0.25) is 11.8 Å². The van der Waals surface area contributed by atoms with Crippen molar-refractivity contribution < 1.29 is 167 Å². The lowest BCUT2D eigenvalue weighted by Gasteiger charge is -2.52. The van der Waals surface area contributed by atoms with E-state index >= 15 is 0 Å². The van der Waals surface area contributed by atoms with Crippen LogP contribution in [0.2, 0.25) is 0 Å². The van der Waals surface area contributed by atoms with Gasteiger partial charge in [0, 0.05) is 20.4 Å². The molecule has 20 N–H and O–H groups in total. The number of nitrogens with zero attached hydrogens (tertiary/aromatic N) is 4. The summed E-state index contributed by atoms with van der Waals surface area (Å²) in [5, 5.41) is 198. The van der Waals surface area contributed by atoms with Crippen molar-refractivity contribution in [2.45, 2.75) is 218 Å². The third kappa shape index (κ3) is 19.2. The van der Waals surface area contributed by atoms with Gasteiger partial charge in [-0.05, 0) is 6.92 Å². The second kappa shape index (κ2) is 36.6. The van der Waals surface area contributed by atoms with E-state index in [9.17, 15) is 96.4 Å². The summed E-state index contributed by atoms with van der Waals surface area (Å²) < 4.78 is 88.5. The molecule has 0 saturated carbocycles. The van der Waals surface area contributed by atoms with Crippen LogP contribution in [0.25, 0.3) is 0 Å². The Labute approximate surface area is 531 Å². The lowest BCUT2D eigenvalue weighted by Crippen LogP contribution is -2.71. The average Bonchev–Trinajstić information content (AvgIpc) is 0.809. The zero-order valence-electron chi connectivity index (χ0n) is 51.1. The summed E-state index contributed by atoms with van der Waals surface area (Å²) in [4.78, 5) is 27.3. The molecule has 1 aromatic rings. The molecule has 40 heteroatoms. The molecule has 7 rings (SSSR count). The summed E-state index contributed by atoms with van der Waals surface area (Å²) >= 11 is 0. The fraction of sp³-hybridized carbons (Fsp3) is 0.925. The Balaban J connectivity index is 1.06. The summed E-state index contributed by atoms with van der Waals surface area (Å²) in [5.74, 6) is -1.61. The van der Waals surface area contributed by atoms with Crippen molar-refractivity contribution in [3.8, 4) is 0 Å². The number of hydrogen-bond donors (Lipinski definition) is 19. The molecular weight excluding hydrogens is 1260 g/mol. The number of aliphatic hydroxyl groups is 17. The molecule has 6 aliphatic heterocycles. The first-order valence-electron chi connectivity index (χ1n) is 30.3. The predicted octanol–water partition coefficient (Wildman–Crippen LogP) is -13.3. The van der Waals surface area contributed by atoms with Crippen LogP contribution in [0.15, 0.2) is 6.20 Å². The second-order valence-electron chi connectivity index (χ2n) is 22.8. The van der Waals surface area contributed by atoms with Crippen LogP contribution in [0.1, 0.15) is 26.5 Å². The molecule has 0 radical (unpaired) electrons. The third-order valence-electron chi connectivity index (χ3n) is 16.3. The van der Waals surface area contributed by atoms with Crippen LogP contribution in [0.4, 0.5) is 0 Å². The van der Waals surface area contributed by atoms with Crippen molar-refractivity contribution in [1.29, 1.82) is 0 Å².